The molecule has 0 aliphatic carbocycles. The lowest BCUT2D eigenvalue weighted by atomic mass is 10.1. The number of ether oxygens (including phenoxy) is 1. The molecule has 0 radical (unpaired) electrons. The quantitative estimate of drug-likeness (QED) is 0.283. The van der Waals surface area contributed by atoms with Gasteiger partial charge in [0.25, 0.3) is 11.6 Å². The van der Waals surface area contributed by atoms with Gasteiger partial charge in [0.05, 0.1) is 16.7 Å². The van der Waals surface area contributed by atoms with Crippen LogP contribution in [-0.4, -0.2) is 39.2 Å². The smallest absolute Gasteiger partial charge is 0.423 e. The average Bonchev–Trinajstić information content (AvgIpc) is 2.67. The molecule has 2 rings (SSSR count). The Labute approximate surface area is 178 Å². The maximum absolute atomic E-state index is 13.1. The van der Waals surface area contributed by atoms with E-state index in [0.717, 1.165) is 6.92 Å². The van der Waals surface area contributed by atoms with Gasteiger partial charge in [0.15, 0.2) is 5.60 Å². The fourth-order valence-corrected chi connectivity index (χ4v) is 2.44. The zero-order valence-corrected chi connectivity index (χ0v) is 16.7. The number of carbonyl (C=O) groups excluding carboxylic acids is 2. The number of alkyl halides is 3. The van der Waals surface area contributed by atoms with E-state index in [9.17, 15) is 43.1 Å². The van der Waals surface area contributed by atoms with Crippen LogP contribution in [0.1, 0.15) is 19.4 Å². The predicted octanol–water partition coefficient (Wildman–Crippen LogP) is 3.05. The molecule has 1 atom stereocenters. The number of hydrogen-bond donors (Lipinski definition) is 4. The zero-order chi connectivity index (χ0) is 24.3. The Kier molecular flexibility index (Phi) is 6.93. The molecule has 10 nitrogen and oxygen atoms in total. The van der Waals surface area contributed by atoms with E-state index >= 15 is 0 Å². The maximum atomic E-state index is 13.1. The largest absolute Gasteiger partial charge is 0.506 e. The number of anilines is 2. The zero-order valence-electron chi connectivity index (χ0n) is 16.7. The van der Waals surface area contributed by atoms with Crippen molar-refractivity contribution < 1.29 is 42.6 Å². The van der Waals surface area contributed by atoms with Gasteiger partial charge in [-0.25, -0.2) is 0 Å². The standard InChI is InChI=1S/C19H18F3N3O7/c1-10(26)23-11-3-5-12(6-4-11)32-9-18(2,29)17(28)24-14-7-13(19(20,21)22)15(25(30)31)8-16(14)27/h3-8,27,29H,9H2,1-2H3,(H,23,26)(H,24,28)/t18-/m0/s1. The van der Waals surface area contributed by atoms with E-state index in [1.54, 1.807) is 0 Å². The molecule has 0 aliphatic rings. The number of amides is 2. The fourth-order valence-electron chi connectivity index (χ4n) is 2.44. The number of nitro groups is 1. The normalized spacial score (nSPS) is 13.1. The molecule has 0 spiro atoms. The summed E-state index contributed by atoms with van der Waals surface area (Å²) in [6.45, 7) is 1.71. The van der Waals surface area contributed by atoms with Crippen molar-refractivity contribution in [1.29, 1.82) is 0 Å². The van der Waals surface area contributed by atoms with Gasteiger partial charge in [-0.2, -0.15) is 13.2 Å². The van der Waals surface area contributed by atoms with Gasteiger partial charge in [-0.15, -0.1) is 0 Å². The molecule has 2 aromatic rings. The first kappa shape index (κ1) is 24.4. The van der Waals surface area contributed by atoms with E-state index in [4.69, 9.17) is 4.74 Å². The van der Waals surface area contributed by atoms with Crippen molar-refractivity contribution in [3.63, 3.8) is 0 Å². The molecular weight excluding hydrogens is 439 g/mol. The van der Waals surface area contributed by atoms with E-state index in [0.29, 0.717) is 5.69 Å². The summed E-state index contributed by atoms with van der Waals surface area (Å²) < 4.78 is 44.6. The van der Waals surface area contributed by atoms with Crippen LogP contribution >= 0.6 is 0 Å². The Morgan fingerprint density at radius 2 is 1.75 bits per heavy atom. The molecule has 4 N–H and O–H groups in total. The highest BCUT2D eigenvalue weighted by molar-refractivity contribution is 5.98. The van der Waals surface area contributed by atoms with Gasteiger partial charge in [-0.1, -0.05) is 0 Å². The van der Waals surface area contributed by atoms with Crippen molar-refractivity contribution >= 4 is 28.9 Å². The van der Waals surface area contributed by atoms with Crippen LogP contribution in [0.15, 0.2) is 36.4 Å². The number of nitro benzene ring substituents is 1. The fraction of sp³-hybridized carbons (Fsp3) is 0.263. The highest BCUT2D eigenvalue weighted by Gasteiger charge is 2.40. The molecule has 0 saturated heterocycles. The number of halogens is 3. The lowest BCUT2D eigenvalue weighted by Gasteiger charge is -2.23. The van der Waals surface area contributed by atoms with Gasteiger partial charge in [0.1, 0.15) is 23.7 Å². The number of rotatable bonds is 7. The predicted molar refractivity (Wildman–Crippen MR) is 105 cm³/mol. The highest BCUT2D eigenvalue weighted by atomic mass is 19.4. The average molecular weight is 457 g/mol. The second-order valence-electron chi connectivity index (χ2n) is 6.86. The van der Waals surface area contributed by atoms with Crippen molar-refractivity contribution in [2.75, 3.05) is 17.2 Å². The van der Waals surface area contributed by atoms with Crippen molar-refractivity contribution in [2.45, 2.75) is 25.6 Å². The minimum Gasteiger partial charge on any atom is -0.506 e. The molecule has 0 aliphatic heterocycles. The molecule has 0 bridgehead atoms. The molecule has 2 aromatic carbocycles. The van der Waals surface area contributed by atoms with E-state index in [1.165, 1.54) is 31.2 Å². The Bertz CT molecular complexity index is 1040. The third-order valence-corrected chi connectivity index (χ3v) is 4.05. The van der Waals surface area contributed by atoms with Crippen molar-refractivity contribution in [2.24, 2.45) is 0 Å². The molecular formula is C19H18F3N3O7. The van der Waals surface area contributed by atoms with Gasteiger partial charge in [-0.05, 0) is 37.3 Å². The van der Waals surface area contributed by atoms with Gasteiger partial charge in [0.2, 0.25) is 5.91 Å². The van der Waals surface area contributed by atoms with Crippen LogP contribution in [0.4, 0.5) is 30.2 Å². The number of phenolic OH excluding ortho intramolecular Hbond substituents is 1. The summed E-state index contributed by atoms with van der Waals surface area (Å²) in [5, 5.41) is 35.4. The second kappa shape index (κ2) is 9.09. The first-order valence-corrected chi connectivity index (χ1v) is 8.83. The summed E-state index contributed by atoms with van der Waals surface area (Å²) in [4.78, 5) is 32.9. The van der Waals surface area contributed by atoms with Crippen LogP contribution in [0.5, 0.6) is 11.5 Å². The SMILES string of the molecule is CC(=O)Nc1ccc(OC[C@](C)(O)C(=O)Nc2cc(C(F)(F)F)c([N+](=O)[O-])cc2O)cc1. The Balaban J connectivity index is 2.15. The molecule has 0 unspecified atom stereocenters. The summed E-state index contributed by atoms with van der Waals surface area (Å²) in [7, 11) is 0. The van der Waals surface area contributed by atoms with Gasteiger partial charge in [0, 0.05) is 12.6 Å². The Hall–Kier alpha value is -3.87. The van der Waals surface area contributed by atoms with Crippen LogP contribution in [0.25, 0.3) is 0 Å². The molecule has 172 valence electrons. The number of benzene rings is 2. The first-order chi connectivity index (χ1) is 14.7. The number of carbonyl (C=O) groups is 2. The van der Waals surface area contributed by atoms with Crippen LogP contribution in [-0.2, 0) is 15.8 Å². The molecule has 0 saturated carbocycles. The Morgan fingerprint density at radius 1 is 1.16 bits per heavy atom. The summed E-state index contributed by atoms with van der Waals surface area (Å²) in [5.41, 5.74) is -5.66. The third kappa shape index (κ3) is 6.07. The first-order valence-electron chi connectivity index (χ1n) is 8.83. The van der Waals surface area contributed by atoms with Crippen molar-refractivity contribution in [3.8, 4) is 11.5 Å². The Morgan fingerprint density at radius 3 is 2.25 bits per heavy atom. The number of nitrogens with zero attached hydrogens (tertiary/aromatic N) is 1. The minimum absolute atomic E-state index is 0.197. The summed E-state index contributed by atoms with van der Waals surface area (Å²) >= 11 is 0. The van der Waals surface area contributed by atoms with Gasteiger partial charge in [-0.3, -0.25) is 19.7 Å². The molecule has 2 amide bonds. The van der Waals surface area contributed by atoms with E-state index in [1.807, 2.05) is 5.32 Å². The summed E-state index contributed by atoms with van der Waals surface area (Å²) in [5.74, 6) is -2.31. The van der Waals surface area contributed by atoms with Crippen LogP contribution in [0.3, 0.4) is 0 Å². The maximum Gasteiger partial charge on any atom is 0.423 e. The number of nitrogens with one attached hydrogen (secondary N) is 2. The number of hydrogen-bond acceptors (Lipinski definition) is 7. The lowest BCUT2D eigenvalue weighted by molar-refractivity contribution is -0.388. The minimum atomic E-state index is -5.13. The van der Waals surface area contributed by atoms with Gasteiger partial charge < -0.3 is 25.6 Å². The van der Waals surface area contributed by atoms with E-state index < -0.39 is 51.9 Å². The topological polar surface area (TPSA) is 151 Å². The van der Waals surface area contributed by atoms with Crippen LogP contribution in [0.2, 0.25) is 0 Å². The molecule has 0 heterocycles. The van der Waals surface area contributed by atoms with E-state index in [2.05, 4.69) is 5.32 Å². The van der Waals surface area contributed by atoms with Crippen LogP contribution in [0, 0.1) is 10.1 Å². The summed E-state index contributed by atoms with van der Waals surface area (Å²) in [6, 6.07) is 6.33. The monoisotopic (exact) mass is 457 g/mol. The van der Waals surface area contributed by atoms with Crippen LogP contribution < -0.4 is 15.4 Å². The molecule has 0 fully saturated rings. The summed E-state index contributed by atoms with van der Waals surface area (Å²) in [6.07, 6.45) is -5.13. The lowest BCUT2D eigenvalue weighted by Crippen LogP contribution is -2.45. The van der Waals surface area contributed by atoms with Crippen molar-refractivity contribution in [3.05, 3.63) is 52.1 Å². The third-order valence-electron chi connectivity index (χ3n) is 4.05. The number of aromatic hydroxyl groups is 1. The number of phenols is 1. The molecule has 0 aromatic heterocycles. The number of aliphatic hydroxyl groups is 1. The van der Waals surface area contributed by atoms with Crippen molar-refractivity contribution in [1.82, 2.24) is 0 Å². The van der Waals surface area contributed by atoms with Gasteiger partial charge >= 0.3 is 6.18 Å². The molecule has 13 heteroatoms. The highest BCUT2D eigenvalue weighted by Crippen LogP contribution is 2.41. The second-order valence-corrected chi connectivity index (χ2v) is 6.86. The molecule has 32 heavy (non-hydrogen) atoms. The van der Waals surface area contributed by atoms with E-state index in [-0.39, 0.29) is 23.8 Å².